The van der Waals surface area contributed by atoms with E-state index in [2.05, 4.69) is 10.0 Å². The summed E-state index contributed by atoms with van der Waals surface area (Å²) in [6, 6.07) is 18.4. The summed E-state index contributed by atoms with van der Waals surface area (Å²) in [6.07, 6.45) is 1.08. The third-order valence-electron chi connectivity index (χ3n) is 3.65. The number of anilines is 2. The number of amides is 1. The Labute approximate surface area is 156 Å². The number of benzene rings is 2. The Hall–Kier alpha value is -2.64. The molecule has 5 nitrogen and oxygen atoms in total. The largest absolute Gasteiger partial charge is 0.321 e. The van der Waals surface area contributed by atoms with Crippen molar-refractivity contribution in [2.75, 3.05) is 16.3 Å². The molecular formula is C19H18N2O3S2. The molecule has 0 bridgehead atoms. The van der Waals surface area contributed by atoms with Gasteiger partial charge in [0.05, 0.1) is 16.8 Å². The van der Waals surface area contributed by atoms with Crippen molar-refractivity contribution in [3.63, 3.8) is 0 Å². The van der Waals surface area contributed by atoms with Gasteiger partial charge in [0.25, 0.3) is 5.91 Å². The average molecular weight is 386 g/mol. The highest BCUT2D eigenvalue weighted by molar-refractivity contribution is 7.92. The monoisotopic (exact) mass is 386 g/mol. The molecule has 0 aliphatic carbocycles. The molecule has 0 saturated carbocycles. The number of sulfonamides is 1. The summed E-state index contributed by atoms with van der Waals surface area (Å²) in [5.74, 6) is -0.225. The van der Waals surface area contributed by atoms with Crippen LogP contribution >= 0.6 is 11.3 Å². The topological polar surface area (TPSA) is 75.3 Å². The minimum atomic E-state index is -3.37. The number of carbonyl (C=O) groups is 1. The summed E-state index contributed by atoms with van der Waals surface area (Å²) in [7, 11) is -3.37. The van der Waals surface area contributed by atoms with Crippen molar-refractivity contribution in [3.05, 3.63) is 70.4 Å². The molecule has 0 aliphatic rings. The van der Waals surface area contributed by atoms with Gasteiger partial charge in [0.15, 0.2) is 0 Å². The van der Waals surface area contributed by atoms with E-state index in [1.807, 2.05) is 43.3 Å². The zero-order valence-electron chi connectivity index (χ0n) is 14.3. The lowest BCUT2D eigenvalue weighted by atomic mass is 10.1. The van der Waals surface area contributed by atoms with Gasteiger partial charge in [-0.2, -0.15) is 0 Å². The second-order valence-corrected chi connectivity index (χ2v) is 8.86. The molecule has 134 valence electrons. The van der Waals surface area contributed by atoms with Crippen LogP contribution in [0, 0.1) is 6.92 Å². The van der Waals surface area contributed by atoms with Gasteiger partial charge in [-0.15, -0.1) is 11.3 Å². The van der Waals surface area contributed by atoms with Crippen LogP contribution in [0.1, 0.15) is 14.5 Å². The van der Waals surface area contributed by atoms with E-state index < -0.39 is 10.0 Å². The predicted octanol–water partition coefficient (Wildman–Crippen LogP) is 4.35. The summed E-state index contributed by atoms with van der Waals surface area (Å²) >= 11 is 1.43. The lowest BCUT2D eigenvalue weighted by molar-refractivity contribution is 0.103. The molecule has 3 rings (SSSR count). The molecule has 0 spiro atoms. The molecule has 0 radical (unpaired) electrons. The summed E-state index contributed by atoms with van der Waals surface area (Å²) < 4.78 is 25.1. The van der Waals surface area contributed by atoms with E-state index in [1.54, 1.807) is 24.3 Å². The first-order valence-corrected chi connectivity index (χ1v) is 10.6. The molecule has 0 fully saturated rings. The van der Waals surface area contributed by atoms with Crippen molar-refractivity contribution in [1.29, 1.82) is 0 Å². The fourth-order valence-corrected chi connectivity index (χ4v) is 4.06. The summed E-state index contributed by atoms with van der Waals surface area (Å²) in [5, 5.41) is 2.81. The van der Waals surface area contributed by atoms with Gasteiger partial charge in [-0.3, -0.25) is 9.52 Å². The van der Waals surface area contributed by atoms with Gasteiger partial charge >= 0.3 is 0 Å². The van der Waals surface area contributed by atoms with Crippen molar-refractivity contribution >= 4 is 38.6 Å². The van der Waals surface area contributed by atoms with Crippen molar-refractivity contribution < 1.29 is 13.2 Å². The van der Waals surface area contributed by atoms with Gasteiger partial charge in [-0.1, -0.05) is 36.4 Å². The van der Waals surface area contributed by atoms with Gasteiger partial charge in [0.2, 0.25) is 10.0 Å². The number of nitrogens with one attached hydrogen (secondary N) is 2. The molecule has 1 heterocycles. The maximum atomic E-state index is 12.6. The van der Waals surface area contributed by atoms with E-state index in [0.717, 1.165) is 22.3 Å². The van der Waals surface area contributed by atoms with Crippen LogP contribution in [0.15, 0.2) is 60.7 Å². The van der Waals surface area contributed by atoms with Crippen LogP contribution in [0.4, 0.5) is 11.4 Å². The third kappa shape index (κ3) is 4.50. The first-order chi connectivity index (χ1) is 12.3. The maximum absolute atomic E-state index is 12.6. The van der Waals surface area contributed by atoms with Crippen molar-refractivity contribution in [3.8, 4) is 11.1 Å². The summed E-state index contributed by atoms with van der Waals surface area (Å²) in [4.78, 5) is 14.2. The van der Waals surface area contributed by atoms with Crippen molar-refractivity contribution in [2.45, 2.75) is 6.92 Å². The van der Waals surface area contributed by atoms with Crippen LogP contribution in [-0.2, 0) is 10.0 Å². The molecule has 26 heavy (non-hydrogen) atoms. The Bertz CT molecular complexity index is 1040. The quantitative estimate of drug-likeness (QED) is 0.685. The van der Waals surface area contributed by atoms with E-state index in [4.69, 9.17) is 0 Å². The Morgan fingerprint density at radius 2 is 1.65 bits per heavy atom. The van der Waals surface area contributed by atoms with Gasteiger partial charge in [0, 0.05) is 10.6 Å². The van der Waals surface area contributed by atoms with E-state index in [0.29, 0.717) is 16.3 Å². The third-order valence-corrected chi connectivity index (χ3v) is 5.31. The number of hydrogen-bond acceptors (Lipinski definition) is 4. The van der Waals surface area contributed by atoms with Crippen LogP contribution in [0.5, 0.6) is 0 Å². The molecule has 1 aromatic heterocycles. The Morgan fingerprint density at radius 3 is 2.35 bits per heavy atom. The van der Waals surface area contributed by atoms with Gasteiger partial charge < -0.3 is 5.32 Å². The Balaban J connectivity index is 1.80. The minimum absolute atomic E-state index is 0.225. The molecule has 2 aromatic carbocycles. The number of hydrogen-bond donors (Lipinski definition) is 2. The fourth-order valence-electron chi connectivity index (χ4n) is 2.57. The smallest absolute Gasteiger partial charge is 0.265 e. The standard InChI is InChI=1S/C19H18N2O3S2/c1-13-17(14-7-4-3-5-8-14)12-18(25-13)19(22)20-15-9-6-10-16(11-15)21-26(2,23)24/h3-12,21H,1-2H3,(H,20,22). The predicted molar refractivity (Wildman–Crippen MR) is 107 cm³/mol. The van der Waals surface area contributed by atoms with Crippen molar-refractivity contribution in [1.82, 2.24) is 0 Å². The minimum Gasteiger partial charge on any atom is -0.321 e. The van der Waals surface area contributed by atoms with E-state index in [-0.39, 0.29) is 5.91 Å². The molecule has 1 amide bonds. The lowest BCUT2D eigenvalue weighted by Crippen LogP contribution is -2.12. The lowest BCUT2D eigenvalue weighted by Gasteiger charge is -2.07. The van der Waals surface area contributed by atoms with Gasteiger partial charge in [-0.05, 0) is 42.3 Å². The normalized spacial score (nSPS) is 11.2. The molecular weight excluding hydrogens is 368 g/mol. The van der Waals surface area contributed by atoms with Crippen LogP contribution < -0.4 is 10.0 Å². The first-order valence-electron chi connectivity index (χ1n) is 7.87. The molecule has 0 atom stereocenters. The Morgan fingerprint density at radius 1 is 0.962 bits per heavy atom. The van der Waals surface area contributed by atoms with E-state index in [1.165, 1.54) is 11.3 Å². The second-order valence-electron chi connectivity index (χ2n) is 5.86. The number of thiophene rings is 1. The molecule has 0 unspecified atom stereocenters. The molecule has 7 heteroatoms. The molecule has 2 N–H and O–H groups in total. The van der Waals surface area contributed by atoms with Crippen LogP contribution in [-0.4, -0.2) is 20.6 Å². The van der Waals surface area contributed by atoms with Crippen LogP contribution in [0.2, 0.25) is 0 Å². The number of carbonyl (C=O) groups excluding carboxylic acids is 1. The zero-order valence-corrected chi connectivity index (χ0v) is 15.9. The van der Waals surface area contributed by atoms with Gasteiger partial charge in [0.1, 0.15) is 0 Å². The summed E-state index contributed by atoms with van der Waals surface area (Å²) in [6.45, 7) is 1.99. The van der Waals surface area contributed by atoms with Crippen LogP contribution in [0.3, 0.4) is 0 Å². The number of rotatable bonds is 5. The highest BCUT2D eigenvalue weighted by Gasteiger charge is 2.14. The zero-order chi connectivity index (χ0) is 18.7. The maximum Gasteiger partial charge on any atom is 0.265 e. The van der Waals surface area contributed by atoms with E-state index in [9.17, 15) is 13.2 Å². The first kappa shape index (κ1) is 18.2. The highest BCUT2D eigenvalue weighted by atomic mass is 32.2. The van der Waals surface area contributed by atoms with Gasteiger partial charge in [-0.25, -0.2) is 8.42 Å². The fraction of sp³-hybridized carbons (Fsp3) is 0.105. The second kappa shape index (κ2) is 7.31. The molecule has 3 aromatic rings. The molecule has 0 saturated heterocycles. The summed E-state index contributed by atoms with van der Waals surface area (Å²) in [5.41, 5.74) is 3.03. The average Bonchev–Trinajstić information content (AvgIpc) is 2.96. The highest BCUT2D eigenvalue weighted by Crippen LogP contribution is 2.31. The number of aryl methyl sites for hydroxylation is 1. The molecule has 0 aliphatic heterocycles. The van der Waals surface area contributed by atoms with Crippen molar-refractivity contribution in [2.24, 2.45) is 0 Å². The Kier molecular flexibility index (Phi) is 5.11. The SMILES string of the molecule is Cc1sc(C(=O)Nc2cccc(NS(C)(=O)=O)c2)cc1-c1ccccc1. The van der Waals surface area contributed by atoms with Crippen LogP contribution in [0.25, 0.3) is 11.1 Å². The van der Waals surface area contributed by atoms with E-state index >= 15 is 0 Å².